The normalized spacial score (nSPS) is 18.4. The molecule has 2 rings (SSSR count). The van der Waals surface area contributed by atoms with Crippen molar-refractivity contribution in [2.75, 3.05) is 0 Å². The summed E-state index contributed by atoms with van der Waals surface area (Å²) >= 11 is 0. The zero-order valence-corrected chi connectivity index (χ0v) is 8.98. The fourth-order valence-corrected chi connectivity index (χ4v) is 2.08. The Labute approximate surface area is 90.9 Å². The first kappa shape index (κ1) is 10.3. The first-order valence-corrected chi connectivity index (χ1v) is 5.80. The van der Waals surface area contributed by atoms with Crippen LogP contribution >= 0.6 is 0 Å². The highest BCUT2D eigenvalue weighted by Gasteiger charge is 2.13. The third-order valence-corrected chi connectivity index (χ3v) is 2.94. The molecule has 0 aliphatic heterocycles. The quantitative estimate of drug-likeness (QED) is 0.750. The lowest BCUT2D eigenvalue weighted by Gasteiger charge is -2.16. The van der Waals surface area contributed by atoms with E-state index in [-0.39, 0.29) is 0 Å². The van der Waals surface area contributed by atoms with E-state index in [1.54, 1.807) is 12.1 Å². The molecule has 1 N–H and O–H groups in total. The van der Waals surface area contributed by atoms with Gasteiger partial charge in [-0.15, -0.1) is 0 Å². The molecule has 0 saturated heterocycles. The molecule has 1 aliphatic rings. The maximum absolute atomic E-state index is 9.15. The number of hydrogen-bond donors (Lipinski definition) is 1. The Kier molecular flexibility index (Phi) is 3.49. The summed E-state index contributed by atoms with van der Waals surface area (Å²) in [7, 11) is 0. The van der Waals surface area contributed by atoms with Gasteiger partial charge in [-0.1, -0.05) is 12.8 Å². The van der Waals surface area contributed by atoms with Crippen molar-refractivity contribution >= 4 is 0 Å². The minimum Gasteiger partial charge on any atom is -0.508 e. The van der Waals surface area contributed by atoms with Crippen LogP contribution in [0.1, 0.15) is 38.5 Å². The number of hydrogen-bond acceptors (Lipinski definition) is 2. The molecule has 1 aromatic rings. The molecule has 0 unspecified atom stereocenters. The van der Waals surface area contributed by atoms with Crippen LogP contribution in [0.15, 0.2) is 24.3 Å². The monoisotopic (exact) mass is 206 g/mol. The molecule has 1 aliphatic carbocycles. The van der Waals surface area contributed by atoms with E-state index in [1.165, 1.54) is 38.5 Å². The SMILES string of the molecule is Oc1ccc(OC2CCCCCC2)cc1. The van der Waals surface area contributed by atoms with Crippen LogP contribution in [0.5, 0.6) is 11.5 Å². The van der Waals surface area contributed by atoms with E-state index in [4.69, 9.17) is 9.84 Å². The zero-order chi connectivity index (χ0) is 10.5. The summed E-state index contributed by atoms with van der Waals surface area (Å²) in [5, 5.41) is 9.15. The van der Waals surface area contributed by atoms with Crippen LogP contribution in [0.4, 0.5) is 0 Å². The smallest absolute Gasteiger partial charge is 0.119 e. The second-order valence-corrected chi connectivity index (χ2v) is 4.23. The highest BCUT2D eigenvalue weighted by molar-refractivity contribution is 5.30. The van der Waals surface area contributed by atoms with Crippen LogP contribution in [-0.4, -0.2) is 11.2 Å². The van der Waals surface area contributed by atoms with Gasteiger partial charge in [-0.25, -0.2) is 0 Å². The molecule has 1 fully saturated rings. The fourth-order valence-electron chi connectivity index (χ4n) is 2.08. The van der Waals surface area contributed by atoms with Crippen molar-refractivity contribution in [2.24, 2.45) is 0 Å². The van der Waals surface area contributed by atoms with Crippen molar-refractivity contribution in [1.29, 1.82) is 0 Å². The van der Waals surface area contributed by atoms with E-state index in [9.17, 15) is 0 Å². The van der Waals surface area contributed by atoms with Gasteiger partial charge in [0.1, 0.15) is 11.5 Å². The number of phenolic OH excluding ortho intramolecular Hbond substituents is 1. The van der Waals surface area contributed by atoms with Gasteiger partial charge in [-0.2, -0.15) is 0 Å². The number of rotatable bonds is 2. The van der Waals surface area contributed by atoms with E-state index in [0.29, 0.717) is 11.9 Å². The van der Waals surface area contributed by atoms with Crippen LogP contribution in [0.2, 0.25) is 0 Å². The predicted octanol–water partition coefficient (Wildman–Crippen LogP) is 3.49. The van der Waals surface area contributed by atoms with Crippen molar-refractivity contribution in [3.8, 4) is 11.5 Å². The van der Waals surface area contributed by atoms with Crippen LogP contribution in [0.25, 0.3) is 0 Å². The van der Waals surface area contributed by atoms with Crippen LogP contribution in [0.3, 0.4) is 0 Å². The Morgan fingerprint density at radius 2 is 1.53 bits per heavy atom. The Morgan fingerprint density at radius 3 is 2.13 bits per heavy atom. The lowest BCUT2D eigenvalue weighted by Crippen LogP contribution is -2.14. The third-order valence-electron chi connectivity index (χ3n) is 2.94. The molecule has 0 spiro atoms. The van der Waals surface area contributed by atoms with E-state index >= 15 is 0 Å². The van der Waals surface area contributed by atoms with Gasteiger partial charge in [0.2, 0.25) is 0 Å². The fraction of sp³-hybridized carbons (Fsp3) is 0.538. The van der Waals surface area contributed by atoms with Crippen molar-refractivity contribution in [3.05, 3.63) is 24.3 Å². The van der Waals surface area contributed by atoms with Gasteiger partial charge in [0.15, 0.2) is 0 Å². The largest absolute Gasteiger partial charge is 0.508 e. The molecule has 15 heavy (non-hydrogen) atoms. The second-order valence-electron chi connectivity index (χ2n) is 4.23. The first-order valence-electron chi connectivity index (χ1n) is 5.80. The second kappa shape index (κ2) is 5.06. The first-order chi connectivity index (χ1) is 7.34. The summed E-state index contributed by atoms with van der Waals surface area (Å²) in [6.45, 7) is 0. The lowest BCUT2D eigenvalue weighted by atomic mass is 10.1. The lowest BCUT2D eigenvalue weighted by molar-refractivity contribution is 0.183. The van der Waals surface area contributed by atoms with Gasteiger partial charge in [0, 0.05) is 0 Å². The number of ether oxygens (including phenoxy) is 1. The molecule has 2 heteroatoms. The standard InChI is InChI=1S/C13H18O2/c14-11-7-9-13(10-8-11)15-12-5-3-1-2-4-6-12/h7-10,12,14H,1-6H2. The number of phenols is 1. The van der Waals surface area contributed by atoms with E-state index in [1.807, 2.05) is 12.1 Å². The Hall–Kier alpha value is -1.18. The van der Waals surface area contributed by atoms with Crippen LogP contribution in [-0.2, 0) is 0 Å². The van der Waals surface area contributed by atoms with Gasteiger partial charge in [0.25, 0.3) is 0 Å². The van der Waals surface area contributed by atoms with Gasteiger partial charge in [0.05, 0.1) is 6.10 Å². The number of benzene rings is 1. The molecule has 0 atom stereocenters. The molecule has 1 saturated carbocycles. The minimum absolute atomic E-state index is 0.295. The summed E-state index contributed by atoms with van der Waals surface area (Å²) < 4.78 is 5.88. The number of aromatic hydroxyl groups is 1. The van der Waals surface area contributed by atoms with E-state index in [0.717, 1.165) is 5.75 Å². The third kappa shape index (κ3) is 3.15. The van der Waals surface area contributed by atoms with Crippen molar-refractivity contribution in [2.45, 2.75) is 44.6 Å². The van der Waals surface area contributed by atoms with Gasteiger partial charge in [-0.05, 0) is 49.9 Å². The summed E-state index contributed by atoms with van der Waals surface area (Å²) in [5.74, 6) is 1.17. The molecule has 82 valence electrons. The van der Waals surface area contributed by atoms with Gasteiger partial charge >= 0.3 is 0 Å². The van der Waals surface area contributed by atoms with Crippen molar-refractivity contribution < 1.29 is 9.84 Å². The molecule has 0 radical (unpaired) electrons. The summed E-state index contributed by atoms with van der Waals surface area (Å²) in [6, 6.07) is 7.01. The highest BCUT2D eigenvalue weighted by Crippen LogP contribution is 2.23. The molecule has 0 aromatic heterocycles. The molecule has 0 heterocycles. The highest BCUT2D eigenvalue weighted by atomic mass is 16.5. The summed E-state index contributed by atoms with van der Waals surface area (Å²) in [5.41, 5.74) is 0. The Morgan fingerprint density at radius 1 is 0.933 bits per heavy atom. The van der Waals surface area contributed by atoms with E-state index in [2.05, 4.69) is 0 Å². The molecular formula is C13H18O2. The van der Waals surface area contributed by atoms with Crippen molar-refractivity contribution in [1.82, 2.24) is 0 Å². The summed E-state index contributed by atoms with van der Waals surface area (Å²) in [4.78, 5) is 0. The molecule has 0 amide bonds. The topological polar surface area (TPSA) is 29.5 Å². The molecule has 1 aromatic carbocycles. The summed E-state index contributed by atoms with van der Waals surface area (Å²) in [6.07, 6.45) is 7.95. The Bertz CT molecular complexity index is 284. The minimum atomic E-state index is 0.295. The van der Waals surface area contributed by atoms with Gasteiger partial charge < -0.3 is 9.84 Å². The maximum atomic E-state index is 9.15. The van der Waals surface area contributed by atoms with Crippen LogP contribution in [0, 0.1) is 0 Å². The Balaban J connectivity index is 1.92. The average Bonchev–Trinajstić information content (AvgIpc) is 2.50. The molecular weight excluding hydrogens is 188 g/mol. The van der Waals surface area contributed by atoms with Crippen molar-refractivity contribution in [3.63, 3.8) is 0 Å². The van der Waals surface area contributed by atoms with Crippen LogP contribution < -0.4 is 4.74 Å². The molecule has 0 bridgehead atoms. The zero-order valence-electron chi connectivity index (χ0n) is 8.98. The van der Waals surface area contributed by atoms with Gasteiger partial charge in [-0.3, -0.25) is 0 Å². The maximum Gasteiger partial charge on any atom is 0.119 e. The predicted molar refractivity (Wildman–Crippen MR) is 60.2 cm³/mol. The average molecular weight is 206 g/mol. The van der Waals surface area contributed by atoms with E-state index < -0.39 is 0 Å². The molecule has 2 nitrogen and oxygen atoms in total.